The molecule has 0 saturated heterocycles. The highest BCUT2D eigenvalue weighted by atomic mass is 19.4. The molecular weight excluding hydrogens is 211 g/mol. The number of amides is 1. The van der Waals surface area contributed by atoms with Crippen LogP contribution in [-0.4, -0.2) is 22.1 Å². The minimum atomic E-state index is -4.29. The van der Waals surface area contributed by atoms with Crippen LogP contribution in [0.4, 0.5) is 13.2 Å². The number of aromatic nitrogens is 2. The van der Waals surface area contributed by atoms with Gasteiger partial charge in [0.25, 0.3) is 0 Å². The predicted octanol–water partition coefficient (Wildman–Crippen LogP) is 1.37. The topological polar surface area (TPSA) is 57.8 Å². The van der Waals surface area contributed by atoms with Gasteiger partial charge in [-0.2, -0.15) is 13.2 Å². The molecule has 0 aromatic carbocycles. The molecule has 0 aliphatic carbocycles. The Morgan fingerprint density at radius 1 is 1.53 bits per heavy atom. The van der Waals surface area contributed by atoms with Gasteiger partial charge in [-0.25, -0.2) is 4.98 Å². The van der Waals surface area contributed by atoms with Gasteiger partial charge < -0.3 is 10.3 Å². The molecule has 1 rings (SSSR count). The van der Waals surface area contributed by atoms with E-state index in [0.29, 0.717) is 5.69 Å². The Kier molecular flexibility index (Phi) is 3.70. The molecule has 7 heteroatoms. The Bertz CT molecular complexity index is 307. The fraction of sp³-hybridized carbons (Fsp3) is 0.500. The molecule has 2 N–H and O–H groups in total. The minimum Gasteiger partial charge on any atom is -0.350 e. The van der Waals surface area contributed by atoms with Gasteiger partial charge >= 0.3 is 6.18 Å². The Balaban J connectivity index is 2.20. The number of aromatic amines is 1. The first kappa shape index (κ1) is 11.5. The molecular formula is C8H10F3N3O. The number of H-pyrrole nitrogens is 1. The Hall–Kier alpha value is -1.53. The van der Waals surface area contributed by atoms with E-state index in [2.05, 4.69) is 15.3 Å². The van der Waals surface area contributed by atoms with E-state index in [4.69, 9.17) is 0 Å². The first-order chi connectivity index (χ1) is 6.97. The number of alkyl halides is 3. The van der Waals surface area contributed by atoms with Crippen molar-refractivity contribution in [2.24, 2.45) is 0 Å². The van der Waals surface area contributed by atoms with Gasteiger partial charge in [0.1, 0.15) is 0 Å². The van der Waals surface area contributed by atoms with Crippen molar-refractivity contribution in [2.75, 3.05) is 0 Å². The summed E-state index contributed by atoms with van der Waals surface area (Å²) in [7, 11) is 0. The zero-order valence-corrected chi connectivity index (χ0v) is 7.77. The SMILES string of the molecule is O=C(CCC(F)(F)F)NCc1cnc[nH]1. The summed E-state index contributed by atoms with van der Waals surface area (Å²) >= 11 is 0. The molecule has 0 aliphatic rings. The van der Waals surface area contributed by atoms with Crippen molar-refractivity contribution >= 4 is 5.91 Å². The molecule has 0 aliphatic heterocycles. The summed E-state index contributed by atoms with van der Waals surface area (Å²) in [5.74, 6) is -0.623. The summed E-state index contributed by atoms with van der Waals surface area (Å²) in [5.41, 5.74) is 0.648. The van der Waals surface area contributed by atoms with Gasteiger partial charge in [0.15, 0.2) is 0 Å². The van der Waals surface area contributed by atoms with E-state index in [0.717, 1.165) is 0 Å². The van der Waals surface area contributed by atoms with Crippen LogP contribution in [0.15, 0.2) is 12.5 Å². The molecule has 1 aromatic heterocycles. The zero-order valence-electron chi connectivity index (χ0n) is 7.77. The average Bonchev–Trinajstić information content (AvgIpc) is 2.62. The molecule has 84 valence electrons. The van der Waals surface area contributed by atoms with Crippen LogP contribution >= 0.6 is 0 Å². The molecule has 4 nitrogen and oxygen atoms in total. The molecule has 1 aromatic rings. The number of halogens is 3. The average molecular weight is 221 g/mol. The van der Waals surface area contributed by atoms with Gasteiger partial charge in [-0.1, -0.05) is 0 Å². The lowest BCUT2D eigenvalue weighted by Gasteiger charge is -2.06. The monoisotopic (exact) mass is 221 g/mol. The first-order valence-corrected chi connectivity index (χ1v) is 4.28. The molecule has 0 spiro atoms. The predicted molar refractivity (Wildman–Crippen MR) is 45.7 cm³/mol. The molecule has 1 heterocycles. The van der Waals surface area contributed by atoms with Crippen LogP contribution in [0.1, 0.15) is 18.5 Å². The first-order valence-electron chi connectivity index (χ1n) is 4.28. The lowest BCUT2D eigenvalue weighted by Crippen LogP contribution is -2.24. The molecule has 0 unspecified atom stereocenters. The van der Waals surface area contributed by atoms with Gasteiger partial charge in [0.05, 0.1) is 25.0 Å². The van der Waals surface area contributed by atoms with Crippen LogP contribution in [0.5, 0.6) is 0 Å². The minimum absolute atomic E-state index is 0.163. The smallest absolute Gasteiger partial charge is 0.350 e. The number of hydrogen-bond donors (Lipinski definition) is 2. The van der Waals surface area contributed by atoms with Crippen molar-refractivity contribution in [3.05, 3.63) is 18.2 Å². The number of imidazole rings is 1. The van der Waals surface area contributed by atoms with E-state index in [-0.39, 0.29) is 6.54 Å². The lowest BCUT2D eigenvalue weighted by atomic mass is 10.3. The van der Waals surface area contributed by atoms with Crippen LogP contribution in [0.25, 0.3) is 0 Å². The second-order valence-electron chi connectivity index (χ2n) is 2.97. The highest BCUT2D eigenvalue weighted by molar-refractivity contribution is 5.75. The quantitative estimate of drug-likeness (QED) is 0.806. The normalized spacial score (nSPS) is 11.4. The number of carbonyl (C=O) groups is 1. The third-order valence-corrected chi connectivity index (χ3v) is 1.67. The highest BCUT2D eigenvalue weighted by Crippen LogP contribution is 2.20. The van der Waals surface area contributed by atoms with Crippen LogP contribution in [0.3, 0.4) is 0 Å². The van der Waals surface area contributed by atoms with Crippen molar-refractivity contribution in [1.82, 2.24) is 15.3 Å². The fourth-order valence-electron chi connectivity index (χ4n) is 0.919. The summed E-state index contributed by atoms with van der Waals surface area (Å²) in [6.45, 7) is 0.163. The van der Waals surface area contributed by atoms with Crippen molar-refractivity contribution < 1.29 is 18.0 Å². The van der Waals surface area contributed by atoms with E-state index in [1.54, 1.807) is 0 Å². The Morgan fingerprint density at radius 3 is 2.80 bits per heavy atom. The van der Waals surface area contributed by atoms with Crippen LogP contribution in [-0.2, 0) is 11.3 Å². The van der Waals surface area contributed by atoms with Crippen molar-refractivity contribution in [3.8, 4) is 0 Å². The maximum Gasteiger partial charge on any atom is 0.389 e. The van der Waals surface area contributed by atoms with Gasteiger partial charge in [-0.3, -0.25) is 4.79 Å². The third kappa shape index (κ3) is 5.04. The van der Waals surface area contributed by atoms with Crippen LogP contribution in [0, 0.1) is 0 Å². The van der Waals surface area contributed by atoms with Crippen LogP contribution < -0.4 is 5.32 Å². The van der Waals surface area contributed by atoms with E-state index in [1.165, 1.54) is 12.5 Å². The third-order valence-electron chi connectivity index (χ3n) is 1.67. The van der Waals surface area contributed by atoms with Crippen molar-refractivity contribution in [3.63, 3.8) is 0 Å². The van der Waals surface area contributed by atoms with E-state index in [9.17, 15) is 18.0 Å². The molecule has 0 bridgehead atoms. The summed E-state index contributed by atoms with van der Waals surface area (Å²) in [4.78, 5) is 17.4. The van der Waals surface area contributed by atoms with E-state index in [1.807, 2.05) is 0 Å². The zero-order chi connectivity index (χ0) is 11.3. The van der Waals surface area contributed by atoms with Gasteiger partial charge in [0.2, 0.25) is 5.91 Å². The standard InChI is InChI=1S/C8H10F3N3O/c9-8(10,11)2-1-7(15)13-4-6-3-12-5-14-6/h3,5H,1-2,4H2,(H,12,14)(H,13,15). The van der Waals surface area contributed by atoms with Crippen molar-refractivity contribution in [1.29, 1.82) is 0 Å². The number of hydrogen-bond acceptors (Lipinski definition) is 2. The molecule has 15 heavy (non-hydrogen) atoms. The molecule has 0 fully saturated rings. The van der Waals surface area contributed by atoms with Gasteiger partial charge in [-0.15, -0.1) is 0 Å². The largest absolute Gasteiger partial charge is 0.389 e. The number of nitrogens with one attached hydrogen (secondary N) is 2. The van der Waals surface area contributed by atoms with E-state index >= 15 is 0 Å². The Labute approximate surface area is 83.9 Å². The van der Waals surface area contributed by atoms with E-state index < -0.39 is 24.9 Å². The van der Waals surface area contributed by atoms with Crippen LogP contribution in [0.2, 0.25) is 0 Å². The molecule has 0 radical (unpaired) electrons. The summed E-state index contributed by atoms with van der Waals surface area (Å²) in [6.07, 6.45) is -3.01. The second kappa shape index (κ2) is 4.81. The molecule has 0 saturated carbocycles. The van der Waals surface area contributed by atoms with Gasteiger partial charge in [-0.05, 0) is 0 Å². The maximum absolute atomic E-state index is 11.7. The number of carbonyl (C=O) groups excluding carboxylic acids is 1. The summed E-state index contributed by atoms with van der Waals surface area (Å²) in [5, 5.41) is 2.35. The fourth-order valence-corrected chi connectivity index (χ4v) is 0.919. The van der Waals surface area contributed by atoms with Gasteiger partial charge in [0, 0.05) is 12.6 Å². The number of rotatable bonds is 4. The lowest BCUT2D eigenvalue weighted by molar-refractivity contribution is -0.144. The highest BCUT2D eigenvalue weighted by Gasteiger charge is 2.27. The molecule has 0 atom stereocenters. The summed E-state index contributed by atoms with van der Waals surface area (Å²) in [6, 6.07) is 0. The second-order valence-corrected chi connectivity index (χ2v) is 2.97. The molecule has 1 amide bonds. The van der Waals surface area contributed by atoms with Crippen molar-refractivity contribution in [2.45, 2.75) is 25.6 Å². The summed E-state index contributed by atoms with van der Waals surface area (Å²) < 4.78 is 35.2. The number of nitrogens with zero attached hydrogens (tertiary/aromatic N) is 1. The Morgan fingerprint density at radius 2 is 2.27 bits per heavy atom. The maximum atomic E-state index is 11.7.